The lowest BCUT2D eigenvalue weighted by Gasteiger charge is -1.94. The van der Waals surface area contributed by atoms with Gasteiger partial charge in [-0.3, -0.25) is 0 Å². The van der Waals surface area contributed by atoms with Crippen molar-refractivity contribution in [2.24, 2.45) is 0 Å². The summed E-state index contributed by atoms with van der Waals surface area (Å²) in [4.78, 5) is 22.0. The minimum absolute atomic E-state index is 0. The second-order valence-corrected chi connectivity index (χ2v) is 2.67. The minimum atomic E-state index is -0.543. The van der Waals surface area contributed by atoms with Gasteiger partial charge in [-0.05, 0) is 18.6 Å². The van der Waals surface area contributed by atoms with E-state index in [1.54, 1.807) is 25.1 Å². The summed E-state index contributed by atoms with van der Waals surface area (Å²) in [6, 6.07) is 5.10. The van der Waals surface area contributed by atoms with Crippen molar-refractivity contribution in [2.75, 3.05) is 0 Å². The van der Waals surface area contributed by atoms with Gasteiger partial charge in [-0.2, -0.15) is 0 Å². The van der Waals surface area contributed by atoms with Crippen molar-refractivity contribution in [3.05, 3.63) is 34.9 Å². The Morgan fingerprint density at radius 1 is 0.833 bits per heavy atom. The molecule has 1 heterocycles. The topological polar surface area (TPSA) is 232 Å². The van der Waals surface area contributed by atoms with E-state index < -0.39 is 11.9 Å². The third-order valence-corrected chi connectivity index (χ3v) is 1.88. The van der Waals surface area contributed by atoms with Gasteiger partial charge in [0.25, 0.3) is 0 Å². The zero-order valence-electron chi connectivity index (χ0n) is 9.46. The fourth-order valence-corrected chi connectivity index (χ4v) is 1.30. The van der Waals surface area contributed by atoms with E-state index in [1.165, 1.54) is 0 Å². The third kappa shape index (κ3) is 4.18. The second-order valence-electron chi connectivity index (χ2n) is 2.67. The highest BCUT2D eigenvalue weighted by molar-refractivity contribution is 6.15. The maximum Gasteiger partial charge on any atom is 0.347 e. The molecule has 0 bridgehead atoms. The van der Waals surface area contributed by atoms with Crippen molar-refractivity contribution in [1.82, 2.24) is 0 Å². The van der Waals surface area contributed by atoms with Crippen LogP contribution in [0.1, 0.15) is 26.3 Å². The number of cyclic esters (lactones) is 2. The molecule has 0 unspecified atom stereocenters. The van der Waals surface area contributed by atoms with Gasteiger partial charge in [0, 0.05) is 0 Å². The molecule has 108 valence electrons. The first-order chi connectivity index (χ1) is 5.70. The Morgan fingerprint density at radius 2 is 1.33 bits per heavy atom. The van der Waals surface area contributed by atoms with Gasteiger partial charge < -0.3 is 37.6 Å². The largest absolute Gasteiger partial charge is 0.412 e. The van der Waals surface area contributed by atoms with Crippen LogP contribution < -0.4 is 0 Å². The molecular formula is C9H18O9. The van der Waals surface area contributed by atoms with Crippen molar-refractivity contribution in [2.45, 2.75) is 6.92 Å². The van der Waals surface area contributed by atoms with E-state index in [0.717, 1.165) is 5.56 Å². The summed E-state index contributed by atoms with van der Waals surface area (Å²) < 4.78 is 4.43. The van der Waals surface area contributed by atoms with E-state index in [2.05, 4.69) is 4.74 Å². The Kier molecular flexibility index (Phi) is 17.0. The number of fused-ring (bicyclic) bond motifs is 1. The molecule has 12 N–H and O–H groups in total. The van der Waals surface area contributed by atoms with Crippen molar-refractivity contribution < 1.29 is 47.2 Å². The minimum Gasteiger partial charge on any atom is -0.412 e. The number of aryl methyl sites for hydroxylation is 1. The number of esters is 2. The van der Waals surface area contributed by atoms with Crippen molar-refractivity contribution in [3.63, 3.8) is 0 Å². The van der Waals surface area contributed by atoms with Crippen LogP contribution in [0.25, 0.3) is 0 Å². The monoisotopic (exact) mass is 270 g/mol. The summed E-state index contributed by atoms with van der Waals surface area (Å²) in [7, 11) is 0. The van der Waals surface area contributed by atoms with Crippen LogP contribution >= 0.6 is 0 Å². The first kappa shape index (κ1) is 29.8. The highest BCUT2D eigenvalue weighted by Gasteiger charge is 2.30. The van der Waals surface area contributed by atoms with Gasteiger partial charge >= 0.3 is 11.9 Å². The lowest BCUT2D eigenvalue weighted by Crippen LogP contribution is -1.97. The van der Waals surface area contributed by atoms with E-state index in [4.69, 9.17) is 0 Å². The number of hydrogen-bond donors (Lipinski definition) is 0. The highest BCUT2D eigenvalue weighted by Crippen LogP contribution is 2.22. The molecule has 0 spiro atoms. The van der Waals surface area contributed by atoms with Crippen molar-refractivity contribution >= 4 is 11.9 Å². The van der Waals surface area contributed by atoms with E-state index in [0.29, 0.717) is 11.1 Å². The van der Waals surface area contributed by atoms with Gasteiger partial charge in [-0.15, -0.1) is 0 Å². The van der Waals surface area contributed by atoms with Crippen LogP contribution in [0.5, 0.6) is 0 Å². The molecule has 0 amide bonds. The van der Waals surface area contributed by atoms with E-state index in [-0.39, 0.29) is 32.9 Å². The lowest BCUT2D eigenvalue weighted by molar-refractivity contribution is 0.0443. The molecule has 1 aromatic rings. The smallest absolute Gasteiger partial charge is 0.347 e. The predicted molar refractivity (Wildman–Crippen MR) is 62.6 cm³/mol. The van der Waals surface area contributed by atoms with E-state index in [1.807, 2.05) is 0 Å². The summed E-state index contributed by atoms with van der Waals surface area (Å²) in [5.74, 6) is -1.08. The molecule has 0 atom stereocenters. The van der Waals surface area contributed by atoms with Gasteiger partial charge in [0.1, 0.15) is 0 Å². The Labute approximate surface area is 102 Å². The molecule has 0 aliphatic carbocycles. The number of ether oxygens (including phenoxy) is 1. The number of carbonyl (C=O) groups excluding carboxylic acids is 2. The molecule has 1 aromatic carbocycles. The summed E-state index contributed by atoms with van der Waals surface area (Å²) in [6.45, 7) is 1.78. The zero-order valence-corrected chi connectivity index (χ0v) is 9.46. The van der Waals surface area contributed by atoms with Crippen LogP contribution in [0, 0.1) is 6.92 Å². The normalized spacial score (nSPS) is 9.61. The molecule has 18 heavy (non-hydrogen) atoms. The fraction of sp³-hybridized carbons (Fsp3) is 0.111. The molecule has 0 saturated carbocycles. The van der Waals surface area contributed by atoms with Crippen molar-refractivity contribution in [3.8, 4) is 0 Å². The van der Waals surface area contributed by atoms with Crippen molar-refractivity contribution in [1.29, 1.82) is 0 Å². The van der Waals surface area contributed by atoms with Crippen LogP contribution in [0.3, 0.4) is 0 Å². The average Bonchev–Trinajstić information content (AvgIpc) is 2.29. The molecule has 2 rings (SSSR count). The van der Waals surface area contributed by atoms with Crippen LogP contribution in [-0.4, -0.2) is 44.8 Å². The Hall–Kier alpha value is -1.88. The molecule has 0 fully saturated rings. The fourth-order valence-electron chi connectivity index (χ4n) is 1.30. The number of carbonyl (C=O) groups is 2. The van der Waals surface area contributed by atoms with Gasteiger partial charge in [-0.1, -0.05) is 12.1 Å². The first-order valence-electron chi connectivity index (χ1n) is 3.56. The van der Waals surface area contributed by atoms with Crippen LogP contribution in [0.15, 0.2) is 18.2 Å². The molecule has 9 heteroatoms. The van der Waals surface area contributed by atoms with Gasteiger partial charge in [0.05, 0.1) is 11.1 Å². The van der Waals surface area contributed by atoms with Crippen LogP contribution in [0.4, 0.5) is 0 Å². The molecule has 0 radical (unpaired) electrons. The summed E-state index contributed by atoms with van der Waals surface area (Å²) in [5.41, 5.74) is 1.56. The standard InChI is InChI=1S/C9H6O3.6H2O/c1-5-3-2-4-6-7(5)9(11)12-8(6)10;;;;;;/h2-4H,1H3;6*1H2. The SMILES string of the molecule is Cc1cccc2c1C(=O)OC2=O.O.O.O.O.O.O. The van der Waals surface area contributed by atoms with Gasteiger partial charge in [0.15, 0.2) is 0 Å². The molecule has 1 aliphatic rings. The Morgan fingerprint density at radius 3 is 1.78 bits per heavy atom. The summed E-state index contributed by atoms with van der Waals surface area (Å²) >= 11 is 0. The van der Waals surface area contributed by atoms with E-state index in [9.17, 15) is 9.59 Å². The number of hydrogen-bond acceptors (Lipinski definition) is 3. The maximum absolute atomic E-state index is 11.1. The molecular weight excluding hydrogens is 252 g/mol. The zero-order chi connectivity index (χ0) is 8.72. The van der Waals surface area contributed by atoms with Crippen LogP contribution in [-0.2, 0) is 4.74 Å². The number of benzene rings is 1. The lowest BCUT2D eigenvalue weighted by atomic mass is 10.0. The second kappa shape index (κ2) is 10.3. The predicted octanol–water partition coefficient (Wildman–Crippen LogP) is -3.64. The molecule has 9 nitrogen and oxygen atoms in total. The molecule has 1 aliphatic heterocycles. The first-order valence-corrected chi connectivity index (χ1v) is 3.56. The summed E-state index contributed by atoms with van der Waals surface area (Å²) in [5, 5.41) is 0. The molecule has 0 saturated heterocycles. The van der Waals surface area contributed by atoms with Crippen LogP contribution in [0.2, 0.25) is 0 Å². The number of rotatable bonds is 0. The molecule has 0 aromatic heterocycles. The maximum atomic E-state index is 11.1. The van der Waals surface area contributed by atoms with Gasteiger partial charge in [-0.25, -0.2) is 9.59 Å². The highest BCUT2D eigenvalue weighted by atomic mass is 16.6. The summed E-state index contributed by atoms with van der Waals surface area (Å²) in [6.07, 6.45) is 0. The average molecular weight is 270 g/mol. The Bertz CT molecular complexity index is 388. The van der Waals surface area contributed by atoms with Gasteiger partial charge in [0.2, 0.25) is 0 Å². The third-order valence-electron chi connectivity index (χ3n) is 1.88. The van der Waals surface area contributed by atoms with E-state index >= 15 is 0 Å². The quantitative estimate of drug-likeness (QED) is 0.342. The Balaban J connectivity index is -0.0000000939.